The largest absolute Gasteiger partial charge is 0.242 e. The Hall–Kier alpha value is 0.0500. The first-order valence-corrected chi connectivity index (χ1v) is 5.10. The van der Waals surface area contributed by atoms with E-state index in [0.717, 1.165) is 0 Å². The van der Waals surface area contributed by atoms with Gasteiger partial charge in [-0.1, -0.05) is 0 Å². The molecule has 0 fully saturated rings. The molecule has 0 N–H and O–H groups in total. The van der Waals surface area contributed by atoms with Crippen molar-refractivity contribution in [3.63, 3.8) is 0 Å². The predicted molar refractivity (Wildman–Crippen MR) is 43.2 cm³/mol. The Morgan fingerprint density at radius 2 is 2.22 bits per heavy atom. The van der Waals surface area contributed by atoms with Crippen molar-refractivity contribution in [2.75, 3.05) is 0 Å². The second kappa shape index (κ2) is 2.35. The van der Waals surface area contributed by atoms with Gasteiger partial charge >= 0.3 is 0 Å². The minimum absolute atomic E-state index is 1.35. The molecule has 0 spiro atoms. The molecule has 0 unspecified atom stereocenters. The van der Waals surface area contributed by atoms with E-state index >= 15 is 0 Å². The van der Waals surface area contributed by atoms with Crippen LogP contribution in [0.1, 0.15) is 22.6 Å². The van der Waals surface area contributed by atoms with Gasteiger partial charge in [0.2, 0.25) is 4.69 Å². The van der Waals surface area contributed by atoms with Crippen molar-refractivity contribution >= 4 is 22.7 Å². The van der Waals surface area contributed by atoms with Gasteiger partial charge in [-0.15, -0.1) is 0 Å². The number of rotatable bonds is 0. The lowest BCUT2D eigenvalue weighted by Gasteiger charge is -2.01. The van der Waals surface area contributed by atoms with Gasteiger partial charge in [-0.05, 0) is 12.8 Å². The van der Waals surface area contributed by atoms with Crippen molar-refractivity contribution in [3.8, 4) is 0 Å². The lowest BCUT2D eigenvalue weighted by molar-refractivity contribution is 0.705. The first-order valence-electron chi connectivity index (χ1n) is 3.34. The fourth-order valence-corrected chi connectivity index (χ4v) is 3.64. The first kappa shape index (κ1) is 5.81. The monoisotopic (exact) mass is 157 g/mol. The third-order valence-electron chi connectivity index (χ3n) is 1.75. The molecule has 0 saturated carbocycles. The van der Waals surface area contributed by atoms with Crippen LogP contribution in [0.5, 0.6) is 0 Å². The SMILES string of the molecule is c1sc2c([s+]1)CCCC2. The smallest absolute Gasteiger partial charge is 0.0460 e. The Balaban J connectivity index is 2.39. The Bertz CT molecular complexity index is 182. The van der Waals surface area contributed by atoms with Gasteiger partial charge in [0.25, 0.3) is 0 Å². The van der Waals surface area contributed by atoms with E-state index in [9.17, 15) is 0 Å². The lowest BCUT2D eigenvalue weighted by Crippen LogP contribution is -1.95. The minimum Gasteiger partial charge on any atom is -0.0460 e. The Kier molecular flexibility index (Phi) is 1.52. The molecule has 0 amide bonds. The highest BCUT2D eigenvalue weighted by Gasteiger charge is 2.18. The molecule has 0 nitrogen and oxygen atoms in total. The highest BCUT2D eigenvalue weighted by molar-refractivity contribution is 7.28. The van der Waals surface area contributed by atoms with Gasteiger partial charge in [0.1, 0.15) is 9.75 Å². The van der Waals surface area contributed by atoms with Gasteiger partial charge in [-0.3, -0.25) is 0 Å². The Labute approximate surface area is 63.2 Å². The van der Waals surface area contributed by atoms with Crippen LogP contribution in [0, 0.1) is 0 Å². The summed E-state index contributed by atoms with van der Waals surface area (Å²) >= 11 is 3.89. The van der Waals surface area contributed by atoms with Crippen molar-refractivity contribution in [1.82, 2.24) is 0 Å². The van der Waals surface area contributed by atoms with Crippen LogP contribution in [-0.2, 0) is 12.8 Å². The van der Waals surface area contributed by atoms with Gasteiger partial charge in [0.05, 0.1) is 22.7 Å². The van der Waals surface area contributed by atoms with E-state index < -0.39 is 0 Å². The Morgan fingerprint density at radius 1 is 1.33 bits per heavy atom. The molecule has 2 heteroatoms. The maximum atomic E-state index is 2.26. The minimum atomic E-state index is 1.35. The van der Waals surface area contributed by atoms with Crippen LogP contribution in [0.2, 0.25) is 0 Å². The van der Waals surface area contributed by atoms with Gasteiger partial charge < -0.3 is 0 Å². The van der Waals surface area contributed by atoms with Crippen LogP contribution in [0.15, 0.2) is 4.69 Å². The second-order valence-electron chi connectivity index (χ2n) is 2.39. The summed E-state index contributed by atoms with van der Waals surface area (Å²) in [5.74, 6) is 0. The fourth-order valence-electron chi connectivity index (χ4n) is 1.24. The van der Waals surface area contributed by atoms with Crippen LogP contribution in [0.3, 0.4) is 0 Å². The summed E-state index contributed by atoms with van der Waals surface area (Å²) in [6.45, 7) is 0. The molecule has 1 aliphatic carbocycles. The molecule has 1 aromatic rings. The van der Waals surface area contributed by atoms with Crippen LogP contribution in [0.25, 0.3) is 0 Å². The molecule has 9 heavy (non-hydrogen) atoms. The zero-order valence-electron chi connectivity index (χ0n) is 5.22. The second-order valence-corrected chi connectivity index (χ2v) is 4.61. The zero-order chi connectivity index (χ0) is 6.10. The van der Waals surface area contributed by atoms with Crippen LogP contribution in [-0.4, -0.2) is 0 Å². The van der Waals surface area contributed by atoms with E-state index in [1.54, 1.807) is 9.75 Å². The quantitative estimate of drug-likeness (QED) is 0.508. The molecule has 1 aromatic heterocycles. The molecule has 48 valence electrons. The lowest BCUT2D eigenvalue weighted by atomic mass is 10.1. The average Bonchev–Trinajstić information content (AvgIpc) is 2.33. The summed E-state index contributed by atoms with van der Waals surface area (Å²) in [6, 6.07) is 0. The van der Waals surface area contributed by atoms with E-state index in [4.69, 9.17) is 0 Å². The van der Waals surface area contributed by atoms with Crippen LogP contribution < -0.4 is 0 Å². The molecule has 0 atom stereocenters. The third-order valence-corrected chi connectivity index (χ3v) is 4.12. The van der Waals surface area contributed by atoms with E-state index in [2.05, 4.69) is 4.69 Å². The number of fused-ring (bicyclic) bond motifs is 1. The number of hydrogen-bond donors (Lipinski definition) is 0. The molecule has 0 aliphatic heterocycles. The van der Waals surface area contributed by atoms with Gasteiger partial charge in [0, 0.05) is 12.8 Å². The van der Waals surface area contributed by atoms with Gasteiger partial charge in [-0.25, -0.2) is 0 Å². The van der Waals surface area contributed by atoms with Crippen molar-refractivity contribution in [1.29, 1.82) is 0 Å². The molecule has 0 radical (unpaired) electrons. The summed E-state index contributed by atoms with van der Waals surface area (Å²) in [6.07, 6.45) is 5.54. The molecular formula is C7H9S2+. The maximum absolute atomic E-state index is 2.26. The van der Waals surface area contributed by atoms with E-state index in [-0.39, 0.29) is 0 Å². The molecule has 0 aromatic carbocycles. The average molecular weight is 157 g/mol. The number of aryl methyl sites for hydroxylation is 2. The van der Waals surface area contributed by atoms with E-state index in [0.29, 0.717) is 0 Å². The molecule has 0 bridgehead atoms. The van der Waals surface area contributed by atoms with Crippen molar-refractivity contribution in [3.05, 3.63) is 14.4 Å². The molecule has 0 saturated heterocycles. The maximum Gasteiger partial charge on any atom is 0.242 e. The van der Waals surface area contributed by atoms with Gasteiger partial charge in [-0.2, -0.15) is 0 Å². The van der Waals surface area contributed by atoms with Gasteiger partial charge in [0.15, 0.2) is 0 Å². The summed E-state index contributed by atoms with van der Waals surface area (Å²) < 4.78 is 2.26. The highest BCUT2D eigenvalue weighted by Crippen LogP contribution is 2.29. The van der Waals surface area contributed by atoms with Crippen LogP contribution >= 0.6 is 22.7 Å². The zero-order valence-corrected chi connectivity index (χ0v) is 6.86. The van der Waals surface area contributed by atoms with Crippen molar-refractivity contribution in [2.24, 2.45) is 0 Å². The molecular weight excluding hydrogens is 148 g/mol. The topological polar surface area (TPSA) is 0 Å². The predicted octanol–water partition coefficient (Wildman–Crippen LogP) is 2.97. The highest BCUT2D eigenvalue weighted by atomic mass is 32.2. The summed E-state index contributed by atoms with van der Waals surface area (Å²) in [5.41, 5.74) is 0. The summed E-state index contributed by atoms with van der Waals surface area (Å²) in [7, 11) is 0. The molecule has 2 rings (SSSR count). The number of hydrogen-bond acceptors (Lipinski definition) is 1. The summed E-state index contributed by atoms with van der Waals surface area (Å²) in [4.78, 5) is 3.32. The van der Waals surface area contributed by atoms with Crippen molar-refractivity contribution in [2.45, 2.75) is 25.7 Å². The molecule has 1 aliphatic rings. The Morgan fingerprint density at radius 3 is 3.11 bits per heavy atom. The summed E-state index contributed by atoms with van der Waals surface area (Å²) in [5, 5.41) is 0. The van der Waals surface area contributed by atoms with Crippen LogP contribution in [0.4, 0.5) is 0 Å². The van der Waals surface area contributed by atoms with Crippen molar-refractivity contribution < 1.29 is 0 Å². The fraction of sp³-hybridized carbons (Fsp3) is 0.571. The first-order chi connectivity index (χ1) is 4.47. The van der Waals surface area contributed by atoms with E-state index in [1.807, 2.05) is 22.7 Å². The molecule has 1 heterocycles. The third kappa shape index (κ3) is 1.01. The standard InChI is InChI=1S/C7H9S2/c1-2-4-7-6(3-1)8-5-9-7/h5H,1-4H2/q+1. The van der Waals surface area contributed by atoms with E-state index in [1.165, 1.54) is 25.7 Å². The normalized spacial score (nSPS) is 17.3.